The van der Waals surface area contributed by atoms with E-state index in [1.165, 1.54) is 12.5 Å². The Morgan fingerprint density at radius 3 is 2.13 bits per heavy atom. The Balaban J connectivity index is 1.41. The van der Waals surface area contributed by atoms with Crippen molar-refractivity contribution in [3.05, 3.63) is 65.2 Å². The molecule has 1 heterocycles. The summed E-state index contributed by atoms with van der Waals surface area (Å²) >= 11 is 0. The molecule has 0 aromatic heterocycles. The second-order valence-corrected chi connectivity index (χ2v) is 7.69. The molecule has 1 atom stereocenters. The van der Waals surface area contributed by atoms with Crippen molar-refractivity contribution in [1.82, 2.24) is 9.80 Å². The minimum Gasteiger partial charge on any atom is -0.491 e. The summed E-state index contributed by atoms with van der Waals surface area (Å²) < 4.78 is 5.63. The zero-order valence-electron chi connectivity index (χ0n) is 17.7. The first-order valence-corrected chi connectivity index (χ1v) is 10.5. The first kappa shape index (κ1) is 22.0. The van der Waals surface area contributed by atoms with E-state index < -0.39 is 6.10 Å². The fourth-order valence-electron chi connectivity index (χ4n) is 3.53. The fraction of sp³-hybridized carbons (Fsp3) is 0.417. The Morgan fingerprint density at radius 1 is 0.967 bits per heavy atom. The Kier molecular flexibility index (Phi) is 7.60. The predicted molar refractivity (Wildman–Crippen MR) is 116 cm³/mol. The SMILES string of the molecule is CCc1ccc(C(=O)N2CCN(CC(O)COc3ccc(C(C)=O)cc3)CC2)cc1. The Hall–Kier alpha value is -2.70. The van der Waals surface area contributed by atoms with E-state index in [0.717, 1.165) is 25.1 Å². The van der Waals surface area contributed by atoms with Gasteiger partial charge in [-0.25, -0.2) is 0 Å². The van der Waals surface area contributed by atoms with Gasteiger partial charge in [0.25, 0.3) is 5.91 Å². The Bertz CT molecular complexity index is 841. The highest BCUT2D eigenvalue weighted by atomic mass is 16.5. The lowest BCUT2D eigenvalue weighted by molar-refractivity contribution is 0.0403. The molecule has 0 bridgehead atoms. The van der Waals surface area contributed by atoms with Gasteiger partial charge in [-0.15, -0.1) is 0 Å². The van der Waals surface area contributed by atoms with Crippen molar-refractivity contribution in [1.29, 1.82) is 0 Å². The third kappa shape index (κ3) is 5.90. The van der Waals surface area contributed by atoms with Crippen LogP contribution in [0, 0.1) is 0 Å². The lowest BCUT2D eigenvalue weighted by atomic mass is 10.1. The number of aryl methyl sites for hydroxylation is 1. The molecule has 0 aliphatic carbocycles. The van der Waals surface area contributed by atoms with Crippen LogP contribution in [0.5, 0.6) is 5.75 Å². The molecule has 3 rings (SSSR count). The number of piperazine rings is 1. The number of carbonyl (C=O) groups excluding carboxylic acids is 2. The van der Waals surface area contributed by atoms with Crippen molar-refractivity contribution in [2.24, 2.45) is 0 Å². The first-order chi connectivity index (χ1) is 14.5. The zero-order valence-corrected chi connectivity index (χ0v) is 17.7. The van der Waals surface area contributed by atoms with Crippen LogP contribution in [0.25, 0.3) is 0 Å². The number of amides is 1. The van der Waals surface area contributed by atoms with Gasteiger partial charge in [0.1, 0.15) is 18.5 Å². The second kappa shape index (κ2) is 10.4. The molecule has 2 aromatic carbocycles. The quantitative estimate of drug-likeness (QED) is 0.678. The van der Waals surface area contributed by atoms with Gasteiger partial charge in [-0.05, 0) is 55.3 Å². The van der Waals surface area contributed by atoms with Crippen molar-refractivity contribution >= 4 is 11.7 Å². The number of hydrogen-bond acceptors (Lipinski definition) is 5. The number of aliphatic hydroxyl groups excluding tert-OH is 1. The third-order valence-corrected chi connectivity index (χ3v) is 5.44. The lowest BCUT2D eigenvalue weighted by Gasteiger charge is -2.35. The smallest absolute Gasteiger partial charge is 0.253 e. The van der Waals surface area contributed by atoms with E-state index in [2.05, 4.69) is 11.8 Å². The van der Waals surface area contributed by atoms with Gasteiger partial charge in [0, 0.05) is 43.9 Å². The predicted octanol–water partition coefficient (Wildman–Crippen LogP) is 2.65. The maximum absolute atomic E-state index is 12.7. The largest absolute Gasteiger partial charge is 0.491 e. The Labute approximate surface area is 178 Å². The highest BCUT2D eigenvalue weighted by molar-refractivity contribution is 5.94. The second-order valence-electron chi connectivity index (χ2n) is 7.69. The average Bonchev–Trinajstić information content (AvgIpc) is 2.78. The molecule has 6 nitrogen and oxygen atoms in total. The molecule has 1 aliphatic rings. The minimum atomic E-state index is -0.624. The fourth-order valence-corrected chi connectivity index (χ4v) is 3.53. The van der Waals surface area contributed by atoms with Crippen molar-refractivity contribution in [2.45, 2.75) is 26.4 Å². The summed E-state index contributed by atoms with van der Waals surface area (Å²) in [6.45, 7) is 7.05. The Morgan fingerprint density at radius 2 is 1.57 bits per heavy atom. The van der Waals surface area contributed by atoms with Gasteiger partial charge < -0.3 is 14.7 Å². The number of ketones is 1. The molecule has 0 saturated carbocycles. The molecule has 160 valence electrons. The summed E-state index contributed by atoms with van der Waals surface area (Å²) in [6.07, 6.45) is 0.337. The van der Waals surface area contributed by atoms with Crippen molar-refractivity contribution < 1.29 is 19.4 Å². The van der Waals surface area contributed by atoms with Gasteiger partial charge in [-0.3, -0.25) is 14.5 Å². The van der Waals surface area contributed by atoms with E-state index in [4.69, 9.17) is 4.74 Å². The number of ether oxygens (including phenoxy) is 1. The number of aliphatic hydroxyl groups is 1. The van der Waals surface area contributed by atoms with Crippen molar-refractivity contribution in [3.63, 3.8) is 0 Å². The lowest BCUT2D eigenvalue weighted by Crippen LogP contribution is -2.50. The maximum Gasteiger partial charge on any atom is 0.253 e. The number of benzene rings is 2. The van der Waals surface area contributed by atoms with Gasteiger partial charge in [0.2, 0.25) is 0 Å². The van der Waals surface area contributed by atoms with Crippen molar-refractivity contribution in [2.75, 3.05) is 39.3 Å². The molecule has 6 heteroatoms. The molecule has 30 heavy (non-hydrogen) atoms. The van der Waals surface area contributed by atoms with Crippen LogP contribution in [0.3, 0.4) is 0 Å². The van der Waals surface area contributed by atoms with Gasteiger partial charge in [0.15, 0.2) is 5.78 Å². The van der Waals surface area contributed by atoms with E-state index >= 15 is 0 Å². The monoisotopic (exact) mass is 410 g/mol. The van der Waals surface area contributed by atoms with Crippen LogP contribution in [-0.2, 0) is 6.42 Å². The number of nitrogens with zero attached hydrogens (tertiary/aromatic N) is 2. The van der Waals surface area contributed by atoms with Crippen LogP contribution in [0.2, 0.25) is 0 Å². The molecule has 1 aliphatic heterocycles. The summed E-state index contributed by atoms with van der Waals surface area (Å²) in [5, 5.41) is 10.3. The molecule has 1 fully saturated rings. The number of carbonyl (C=O) groups is 2. The summed E-state index contributed by atoms with van der Waals surface area (Å²) in [6, 6.07) is 14.7. The van der Waals surface area contributed by atoms with Crippen LogP contribution < -0.4 is 4.74 Å². The van der Waals surface area contributed by atoms with E-state index in [-0.39, 0.29) is 18.3 Å². The van der Waals surface area contributed by atoms with Crippen LogP contribution >= 0.6 is 0 Å². The van der Waals surface area contributed by atoms with E-state index in [1.807, 2.05) is 29.2 Å². The van der Waals surface area contributed by atoms with Gasteiger partial charge in [-0.2, -0.15) is 0 Å². The van der Waals surface area contributed by atoms with E-state index in [9.17, 15) is 14.7 Å². The average molecular weight is 411 g/mol. The maximum atomic E-state index is 12.7. The van der Waals surface area contributed by atoms with Gasteiger partial charge in [0.05, 0.1) is 0 Å². The number of hydrogen-bond donors (Lipinski definition) is 1. The highest BCUT2D eigenvalue weighted by Crippen LogP contribution is 2.14. The molecule has 0 spiro atoms. The van der Waals surface area contributed by atoms with Gasteiger partial charge >= 0.3 is 0 Å². The minimum absolute atomic E-state index is 0.0113. The van der Waals surface area contributed by atoms with Crippen molar-refractivity contribution in [3.8, 4) is 5.75 Å². The van der Waals surface area contributed by atoms with E-state index in [1.54, 1.807) is 24.3 Å². The van der Waals surface area contributed by atoms with E-state index in [0.29, 0.717) is 30.9 Å². The summed E-state index contributed by atoms with van der Waals surface area (Å²) in [4.78, 5) is 28.0. The normalized spacial score (nSPS) is 15.6. The summed E-state index contributed by atoms with van der Waals surface area (Å²) in [5.41, 5.74) is 2.59. The number of rotatable bonds is 8. The summed E-state index contributed by atoms with van der Waals surface area (Å²) in [5.74, 6) is 0.705. The van der Waals surface area contributed by atoms with Crippen LogP contribution in [0.1, 0.15) is 40.1 Å². The molecule has 1 amide bonds. The number of β-amino-alcohol motifs (C(OH)–C–C–N with tert-alkyl or cyclic N) is 1. The molecular weight excluding hydrogens is 380 g/mol. The third-order valence-electron chi connectivity index (χ3n) is 5.44. The highest BCUT2D eigenvalue weighted by Gasteiger charge is 2.23. The van der Waals surface area contributed by atoms with Crippen LogP contribution in [0.4, 0.5) is 0 Å². The molecular formula is C24H30N2O4. The number of Topliss-reactive ketones (excluding diaryl/α,β-unsaturated/α-hetero) is 1. The molecule has 2 aromatic rings. The zero-order chi connectivity index (χ0) is 21.5. The van der Waals surface area contributed by atoms with Gasteiger partial charge in [-0.1, -0.05) is 19.1 Å². The first-order valence-electron chi connectivity index (χ1n) is 10.5. The standard InChI is InChI=1S/C24H30N2O4/c1-3-19-4-6-21(7-5-19)24(29)26-14-12-25(13-15-26)16-22(28)17-30-23-10-8-20(9-11-23)18(2)27/h4-11,22,28H,3,12-17H2,1-2H3. The van der Waals surface area contributed by atoms with Crippen LogP contribution in [-0.4, -0.2) is 72.0 Å². The summed E-state index contributed by atoms with van der Waals surface area (Å²) in [7, 11) is 0. The molecule has 1 saturated heterocycles. The molecule has 0 radical (unpaired) electrons. The van der Waals surface area contributed by atoms with Crippen LogP contribution in [0.15, 0.2) is 48.5 Å². The molecule has 1 N–H and O–H groups in total. The molecule has 1 unspecified atom stereocenters. The topological polar surface area (TPSA) is 70.1 Å².